The molecule has 108 valence electrons. The quantitative estimate of drug-likeness (QED) is 0.793. The van der Waals surface area contributed by atoms with Gasteiger partial charge in [-0.25, -0.2) is 4.98 Å². The first-order valence-electron chi connectivity index (χ1n) is 7.06. The minimum Gasteiger partial charge on any atom is -0.476 e. The average Bonchev–Trinajstić information content (AvgIpc) is 2.39. The number of hydrogen-bond donors (Lipinski definition) is 2. The number of nitrogens with zero attached hydrogens (tertiary/aromatic N) is 2. The molecule has 0 amide bonds. The van der Waals surface area contributed by atoms with Crippen molar-refractivity contribution in [2.45, 2.75) is 59.4 Å². The largest absolute Gasteiger partial charge is 0.476 e. The number of nitrogens with two attached hydrogens (primary N) is 1. The van der Waals surface area contributed by atoms with Crippen molar-refractivity contribution in [1.82, 2.24) is 9.97 Å². The van der Waals surface area contributed by atoms with Gasteiger partial charge in [0.15, 0.2) is 5.82 Å². The second-order valence-electron chi connectivity index (χ2n) is 5.11. The number of hydrogen-bond acceptors (Lipinski definition) is 5. The fraction of sp³-hybridized carbons (Fsp3) is 0.714. The SMILES string of the molecule is CCCOc1nc(C(C)C)nc(NC(C)CC)c1N. The molecule has 3 N–H and O–H groups in total. The lowest BCUT2D eigenvalue weighted by molar-refractivity contribution is 0.305. The third-order valence-corrected chi connectivity index (χ3v) is 2.88. The number of rotatable bonds is 7. The second-order valence-corrected chi connectivity index (χ2v) is 5.11. The maximum Gasteiger partial charge on any atom is 0.242 e. The normalized spacial score (nSPS) is 12.5. The van der Waals surface area contributed by atoms with Crippen LogP contribution in [0, 0.1) is 0 Å². The van der Waals surface area contributed by atoms with E-state index in [9.17, 15) is 0 Å². The first-order valence-corrected chi connectivity index (χ1v) is 7.06. The van der Waals surface area contributed by atoms with Crippen molar-refractivity contribution < 1.29 is 4.74 Å². The average molecular weight is 266 g/mol. The molecular weight excluding hydrogens is 240 g/mol. The van der Waals surface area contributed by atoms with Crippen molar-refractivity contribution in [3.8, 4) is 5.88 Å². The summed E-state index contributed by atoms with van der Waals surface area (Å²) in [6.45, 7) is 11.0. The number of anilines is 2. The third-order valence-electron chi connectivity index (χ3n) is 2.88. The molecule has 0 aliphatic rings. The highest BCUT2D eigenvalue weighted by atomic mass is 16.5. The van der Waals surface area contributed by atoms with E-state index >= 15 is 0 Å². The van der Waals surface area contributed by atoms with E-state index in [4.69, 9.17) is 10.5 Å². The Bertz CT molecular complexity index is 407. The van der Waals surface area contributed by atoms with Crippen LogP contribution in [0.25, 0.3) is 0 Å². The summed E-state index contributed by atoms with van der Waals surface area (Å²) in [5, 5.41) is 3.32. The van der Waals surface area contributed by atoms with Gasteiger partial charge in [0.25, 0.3) is 0 Å². The van der Waals surface area contributed by atoms with Gasteiger partial charge in [0.05, 0.1) is 6.61 Å². The fourth-order valence-electron chi connectivity index (χ4n) is 1.48. The van der Waals surface area contributed by atoms with Crippen LogP contribution in [0.3, 0.4) is 0 Å². The van der Waals surface area contributed by atoms with Crippen molar-refractivity contribution in [2.24, 2.45) is 0 Å². The molecule has 19 heavy (non-hydrogen) atoms. The third kappa shape index (κ3) is 4.26. The number of nitrogens with one attached hydrogen (secondary N) is 1. The minimum absolute atomic E-state index is 0.238. The monoisotopic (exact) mass is 266 g/mol. The molecule has 1 unspecified atom stereocenters. The second kappa shape index (κ2) is 7.16. The summed E-state index contributed by atoms with van der Waals surface area (Å²) in [4.78, 5) is 8.91. The molecule has 0 saturated carbocycles. The van der Waals surface area contributed by atoms with E-state index in [1.165, 1.54) is 0 Å². The van der Waals surface area contributed by atoms with Crippen LogP contribution in [-0.2, 0) is 0 Å². The van der Waals surface area contributed by atoms with E-state index in [1.54, 1.807) is 0 Å². The predicted octanol–water partition coefficient (Wildman–Crippen LogP) is 3.18. The molecule has 1 aromatic rings. The molecule has 0 aromatic carbocycles. The van der Waals surface area contributed by atoms with E-state index in [1.807, 2.05) is 0 Å². The van der Waals surface area contributed by atoms with Gasteiger partial charge in [0.2, 0.25) is 5.88 Å². The van der Waals surface area contributed by atoms with Crippen molar-refractivity contribution in [3.05, 3.63) is 5.82 Å². The van der Waals surface area contributed by atoms with Gasteiger partial charge < -0.3 is 15.8 Å². The van der Waals surface area contributed by atoms with Crippen molar-refractivity contribution in [1.29, 1.82) is 0 Å². The Morgan fingerprint density at radius 2 is 1.89 bits per heavy atom. The summed E-state index contributed by atoms with van der Waals surface area (Å²) in [6.07, 6.45) is 1.93. The molecule has 0 aliphatic carbocycles. The summed E-state index contributed by atoms with van der Waals surface area (Å²) < 4.78 is 5.62. The van der Waals surface area contributed by atoms with Crippen LogP contribution in [0.15, 0.2) is 0 Å². The van der Waals surface area contributed by atoms with Crippen LogP contribution >= 0.6 is 0 Å². The first-order chi connectivity index (χ1) is 8.99. The number of nitrogen functional groups attached to an aromatic ring is 1. The zero-order chi connectivity index (χ0) is 14.4. The highest BCUT2D eigenvalue weighted by Gasteiger charge is 2.16. The molecule has 1 rings (SSSR count). The Hall–Kier alpha value is -1.52. The highest BCUT2D eigenvalue weighted by molar-refractivity contribution is 5.67. The van der Waals surface area contributed by atoms with Gasteiger partial charge in [-0.2, -0.15) is 4.98 Å². The lowest BCUT2D eigenvalue weighted by atomic mass is 10.2. The molecule has 1 atom stereocenters. The zero-order valence-electron chi connectivity index (χ0n) is 12.7. The minimum atomic E-state index is 0.238. The number of aromatic nitrogens is 2. The van der Waals surface area contributed by atoms with E-state index in [2.05, 4.69) is 49.9 Å². The molecule has 0 fully saturated rings. The molecule has 0 bridgehead atoms. The van der Waals surface area contributed by atoms with Gasteiger partial charge in [-0.15, -0.1) is 0 Å². The lowest BCUT2D eigenvalue weighted by Gasteiger charge is -2.18. The lowest BCUT2D eigenvalue weighted by Crippen LogP contribution is -2.18. The molecule has 1 heterocycles. The fourth-order valence-corrected chi connectivity index (χ4v) is 1.48. The summed E-state index contributed by atoms with van der Waals surface area (Å²) in [6, 6.07) is 0.316. The Labute approximate surface area is 116 Å². The smallest absolute Gasteiger partial charge is 0.242 e. The van der Waals surface area contributed by atoms with Crippen molar-refractivity contribution in [3.63, 3.8) is 0 Å². The van der Waals surface area contributed by atoms with Crippen molar-refractivity contribution >= 4 is 11.5 Å². The van der Waals surface area contributed by atoms with E-state index in [0.717, 1.165) is 18.7 Å². The number of ether oxygens (including phenoxy) is 1. The summed E-state index contributed by atoms with van der Waals surface area (Å²) in [7, 11) is 0. The van der Waals surface area contributed by atoms with E-state index in [-0.39, 0.29) is 5.92 Å². The van der Waals surface area contributed by atoms with Crippen LogP contribution in [0.2, 0.25) is 0 Å². The molecular formula is C14H26N4O. The highest BCUT2D eigenvalue weighted by Crippen LogP contribution is 2.29. The van der Waals surface area contributed by atoms with Crippen LogP contribution < -0.4 is 15.8 Å². The van der Waals surface area contributed by atoms with E-state index < -0.39 is 0 Å². The predicted molar refractivity (Wildman–Crippen MR) is 79.7 cm³/mol. The summed E-state index contributed by atoms with van der Waals surface area (Å²) in [5.74, 6) is 2.17. The Morgan fingerprint density at radius 1 is 1.21 bits per heavy atom. The Kier molecular flexibility index (Phi) is 5.86. The van der Waals surface area contributed by atoms with Crippen LogP contribution in [0.1, 0.15) is 59.2 Å². The molecule has 0 radical (unpaired) electrons. The zero-order valence-corrected chi connectivity index (χ0v) is 12.7. The molecule has 0 spiro atoms. The van der Waals surface area contributed by atoms with Gasteiger partial charge in [-0.1, -0.05) is 27.7 Å². The molecule has 0 saturated heterocycles. The topological polar surface area (TPSA) is 73.1 Å². The standard InChI is InChI=1S/C14H26N4O/c1-6-8-19-14-11(15)13(16-10(5)7-2)17-12(18-14)9(3)4/h9-10H,6-8,15H2,1-5H3,(H,16,17,18). The van der Waals surface area contributed by atoms with Gasteiger partial charge in [0, 0.05) is 12.0 Å². The maximum atomic E-state index is 6.08. The summed E-state index contributed by atoms with van der Waals surface area (Å²) in [5.41, 5.74) is 6.58. The maximum absolute atomic E-state index is 6.08. The summed E-state index contributed by atoms with van der Waals surface area (Å²) >= 11 is 0. The van der Waals surface area contributed by atoms with Gasteiger partial charge in [0.1, 0.15) is 11.5 Å². The molecule has 0 aliphatic heterocycles. The first kappa shape index (κ1) is 15.5. The van der Waals surface area contributed by atoms with Gasteiger partial charge >= 0.3 is 0 Å². The van der Waals surface area contributed by atoms with Crippen LogP contribution in [0.5, 0.6) is 5.88 Å². The molecule has 5 nitrogen and oxygen atoms in total. The van der Waals surface area contributed by atoms with Crippen LogP contribution in [0.4, 0.5) is 11.5 Å². The molecule has 1 aromatic heterocycles. The van der Waals surface area contributed by atoms with E-state index in [0.29, 0.717) is 30.0 Å². The van der Waals surface area contributed by atoms with Crippen molar-refractivity contribution in [2.75, 3.05) is 17.7 Å². The Morgan fingerprint density at radius 3 is 2.42 bits per heavy atom. The Balaban J connectivity index is 3.09. The van der Waals surface area contributed by atoms with Gasteiger partial charge in [-0.05, 0) is 19.8 Å². The van der Waals surface area contributed by atoms with Gasteiger partial charge in [-0.3, -0.25) is 0 Å². The molecule has 5 heteroatoms. The van der Waals surface area contributed by atoms with Crippen LogP contribution in [-0.4, -0.2) is 22.6 Å².